The molecule has 0 atom stereocenters. The van der Waals surface area contributed by atoms with E-state index in [0.29, 0.717) is 0 Å². The predicted molar refractivity (Wildman–Crippen MR) is 87.2 cm³/mol. The van der Waals surface area contributed by atoms with Crippen molar-refractivity contribution in [2.24, 2.45) is 5.92 Å². The minimum Gasteiger partial charge on any atom is -0.240 e. The number of rotatable bonds is 5. The second kappa shape index (κ2) is 6.13. The van der Waals surface area contributed by atoms with Gasteiger partial charge in [0.05, 0.1) is 13.0 Å². The van der Waals surface area contributed by atoms with E-state index in [0.717, 1.165) is 18.9 Å². The van der Waals surface area contributed by atoms with Gasteiger partial charge >= 0.3 is 0 Å². The lowest BCUT2D eigenvalue weighted by Gasteiger charge is -2.05. The van der Waals surface area contributed by atoms with Crippen molar-refractivity contribution in [3.63, 3.8) is 0 Å². The van der Waals surface area contributed by atoms with Crippen molar-refractivity contribution in [3.8, 4) is 0 Å². The molecular weight excluding hydrogens is 256 g/mol. The number of para-hydroxylation sites is 2. The van der Waals surface area contributed by atoms with Crippen LogP contribution in [0.5, 0.6) is 0 Å². The minimum atomic E-state index is 0.718. The summed E-state index contributed by atoms with van der Waals surface area (Å²) in [5, 5.41) is 0. The highest BCUT2D eigenvalue weighted by Crippen LogP contribution is 2.13. The van der Waals surface area contributed by atoms with Crippen LogP contribution in [0.1, 0.15) is 31.7 Å². The number of nitrogens with one attached hydrogen (secondary N) is 1. The highest BCUT2D eigenvalue weighted by Gasteiger charge is 2.18. The zero-order valence-corrected chi connectivity index (χ0v) is 12.8. The number of nitrogens with zero attached hydrogens (tertiary/aromatic N) is 1. The summed E-state index contributed by atoms with van der Waals surface area (Å²) in [6.45, 7) is 5.64. The van der Waals surface area contributed by atoms with Crippen LogP contribution < -0.4 is 4.57 Å². The topological polar surface area (TPSA) is 19.7 Å². The van der Waals surface area contributed by atoms with Gasteiger partial charge < -0.3 is 0 Å². The Morgan fingerprint density at radius 2 is 1.67 bits per heavy atom. The van der Waals surface area contributed by atoms with Crippen LogP contribution in [0.4, 0.5) is 0 Å². The predicted octanol–water partition coefficient (Wildman–Crippen LogP) is 4.09. The molecule has 2 heteroatoms. The van der Waals surface area contributed by atoms with Crippen molar-refractivity contribution >= 4 is 11.0 Å². The summed E-state index contributed by atoms with van der Waals surface area (Å²) in [5.74, 6) is 2.01. The van der Waals surface area contributed by atoms with E-state index in [1.165, 1.54) is 28.8 Å². The number of aryl methyl sites for hydroxylation is 1. The SMILES string of the molecule is CC(C)CC[n+]1c(Cc2ccccc2)[nH]c2ccccc21. The van der Waals surface area contributed by atoms with Gasteiger partial charge in [0.2, 0.25) is 0 Å². The molecule has 0 amide bonds. The lowest BCUT2D eigenvalue weighted by molar-refractivity contribution is -0.679. The molecule has 1 aromatic heterocycles. The van der Waals surface area contributed by atoms with Gasteiger partial charge in [-0.25, -0.2) is 9.55 Å². The van der Waals surface area contributed by atoms with Crippen molar-refractivity contribution in [1.29, 1.82) is 0 Å². The van der Waals surface area contributed by atoms with E-state index >= 15 is 0 Å². The first-order chi connectivity index (χ1) is 10.2. The number of fused-ring (bicyclic) bond motifs is 1. The standard InChI is InChI=1S/C19H22N2/c1-15(2)12-13-21-18-11-7-6-10-17(18)20-19(21)14-16-8-4-3-5-9-16/h3-11,15H,12-14H2,1-2H3/p+1. The van der Waals surface area contributed by atoms with Gasteiger partial charge in [-0.05, 0) is 30.0 Å². The highest BCUT2D eigenvalue weighted by molar-refractivity contribution is 5.71. The molecule has 1 heterocycles. The molecule has 0 saturated heterocycles. The maximum atomic E-state index is 3.60. The summed E-state index contributed by atoms with van der Waals surface area (Å²) in [7, 11) is 0. The Morgan fingerprint density at radius 1 is 0.952 bits per heavy atom. The van der Waals surface area contributed by atoms with E-state index in [1.807, 2.05) is 0 Å². The molecule has 2 aromatic carbocycles. The van der Waals surface area contributed by atoms with Gasteiger partial charge in [0.15, 0.2) is 11.0 Å². The van der Waals surface area contributed by atoms with Gasteiger partial charge in [-0.3, -0.25) is 0 Å². The van der Waals surface area contributed by atoms with Gasteiger partial charge in [0, 0.05) is 0 Å². The molecule has 2 nitrogen and oxygen atoms in total. The molecule has 0 aliphatic carbocycles. The van der Waals surface area contributed by atoms with Crippen molar-refractivity contribution in [2.75, 3.05) is 0 Å². The third-order valence-corrected chi connectivity index (χ3v) is 3.94. The van der Waals surface area contributed by atoms with E-state index in [9.17, 15) is 0 Å². The molecule has 3 rings (SSSR count). The van der Waals surface area contributed by atoms with E-state index in [1.54, 1.807) is 0 Å². The summed E-state index contributed by atoms with van der Waals surface area (Å²) >= 11 is 0. The number of aromatic amines is 1. The van der Waals surface area contributed by atoms with Crippen LogP contribution in [0, 0.1) is 5.92 Å². The molecular formula is C19H23N2+. The summed E-state index contributed by atoms with van der Waals surface area (Å²) in [5.41, 5.74) is 3.89. The maximum Gasteiger partial charge on any atom is 0.259 e. The van der Waals surface area contributed by atoms with Crippen molar-refractivity contribution in [3.05, 3.63) is 66.0 Å². The molecule has 0 spiro atoms. The lowest BCUT2D eigenvalue weighted by Crippen LogP contribution is -2.37. The van der Waals surface area contributed by atoms with E-state index in [-0.39, 0.29) is 0 Å². The minimum absolute atomic E-state index is 0.718. The lowest BCUT2D eigenvalue weighted by atomic mass is 10.1. The fourth-order valence-electron chi connectivity index (χ4n) is 2.75. The number of hydrogen-bond acceptors (Lipinski definition) is 0. The summed E-state index contributed by atoms with van der Waals surface area (Å²) in [6.07, 6.45) is 2.15. The molecule has 0 unspecified atom stereocenters. The normalized spacial score (nSPS) is 11.4. The van der Waals surface area contributed by atoms with Crippen LogP contribution in [0.25, 0.3) is 11.0 Å². The zero-order valence-electron chi connectivity index (χ0n) is 12.8. The summed E-state index contributed by atoms with van der Waals surface area (Å²) < 4.78 is 2.45. The largest absolute Gasteiger partial charge is 0.259 e. The van der Waals surface area contributed by atoms with Crippen molar-refractivity contribution in [1.82, 2.24) is 4.98 Å². The van der Waals surface area contributed by atoms with Crippen LogP contribution >= 0.6 is 0 Å². The molecule has 3 aromatic rings. The molecule has 0 aliphatic rings. The molecule has 21 heavy (non-hydrogen) atoms. The first kappa shape index (κ1) is 13.9. The van der Waals surface area contributed by atoms with Crippen molar-refractivity contribution in [2.45, 2.75) is 33.2 Å². The third-order valence-electron chi connectivity index (χ3n) is 3.94. The van der Waals surface area contributed by atoms with Crippen LogP contribution in [-0.2, 0) is 13.0 Å². The summed E-state index contributed by atoms with van der Waals surface area (Å²) in [6, 6.07) is 19.3. The quantitative estimate of drug-likeness (QED) is 0.679. The maximum absolute atomic E-state index is 3.60. The average Bonchev–Trinajstić information content (AvgIpc) is 2.83. The molecule has 0 radical (unpaired) electrons. The van der Waals surface area contributed by atoms with E-state index in [4.69, 9.17) is 0 Å². The number of hydrogen-bond donors (Lipinski definition) is 1. The molecule has 1 N–H and O–H groups in total. The van der Waals surface area contributed by atoms with Gasteiger partial charge in [0.1, 0.15) is 0 Å². The van der Waals surface area contributed by atoms with Crippen LogP contribution in [0.2, 0.25) is 0 Å². The van der Waals surface area contributed by atoms with E-state index in [2.05, 4.69) is 78.0 Å². The fraction of sp³-hybridized carbons (Fsp3) is 0.316. The molecule has 108 valence electrons. The number of imidazole rings is 1. The molecule has 0 bridgehead atoms. The first-order valence-electron chi connectivity index (χ1n) is 7.77. The molecule has 0 aliphatic heterocycles. The van der Waals surface area contributed by atoms with Gasteiger partial charge in [-0.1, -0.05) is 56.3 Å². The Labute approximate surface area is 126 Å². The van der Waals surface area contributed by atoms with Gasteiger partial charge in [-0.15, -0.1) is 0 Å². The Morgan fingerprint density at radius 3 is 2.43 bits per heavy atom. The smallest absolute Gasteiger partial charge is 0.240 e. The zero-order chi connectivity index (χ0) is 14.7. The monoisotopic (exact) mass is 279 g/mol. The third kappa shape index (κ3) is 3.15. The Kier molecular flexibility index (Phi) is 4.05. The first-order valence-corrected chi connectivity index (χ1v) is 7.77. The number of aromatic nitrogens is 2. The van der Waals surface area contributed by atoms with Gasteiger partial charge in [0.25, 0.3) is 5.82 Å². The Hall–Kier alpha value is -2.09. The van der Waals surface area contributed by atoms with Crippen LogP contribution in [0.15, 0.2) is 54.6 Å². The average molecular weight is 279 g/mol. The van der Waals surface area contributed by atoms with Crippen molar-refractivity contribution < 1.29 is 4.57 Å². The van der Waals surface area contributed by atoms with E-state index < -0.39 is 0 Å². The highest BCUT2D eigenvalue weighted by atomic mass is 15.1. The Balaban J connectivity index is 1.97. The summed E-state index contributed by atoms with van der Waals surface area (Å²) in [4.78, 5) is 3.60. The second-order valence-electron chi connectivity index (χ2n) is 6.09. The number of H-pyrrole nitrogens is 1. The van der Waals surface area contributed by atoms with Crippen LogP contribution in [-0.4, -0.2) is 4.98 Å². The number of benzene rings is 2. The molecule has 0 saturated carbocycles. The fourth-order valence-corrected chi connectivity index (χ4v) is 2.75. The van der Waals surface area contributed by atoms with Gasteiger partial charge in [-0.2, -0.15) is 0 Å². The Bertz CT molecular complexity index is 711. The molecule has 0 fully saturated rings. The second-order valence-corrected chi connectivity index (χ2v) is 6.09. The van der Waals surface area contributed by atoms with Crippen LogP contribution in [0.3, 0.4) is 0 Å².